The van der Waals surface area contributed by atoms with Crippen LogP contribution in [0.2, 0.25) is 0 Å². The minimum atomic E-state index is -1.000. The zero-order valence-electron chi connectivity index (χ0n) is 13.2. The summed E-state index contributed by atoms with van der Waals surface area (Å²) in [7, 11) is 0. The normalized spacial score (nSPS) is 15.8. The molecule has 0 radical (unpaired) electrons. The van der Waals surface area contributed by atoms with Gasteiger partial charge in [-0.3, -0.25) is 9.78 Å². The summed E-state index contributed by atoms with van der Waals surface area (Å²) in [5, 5.41) is 5.03. The van der Waals surface area contributed by atoms with E-state index in [9.17, 15) is 13.6 Å². The van der Waals surface area contributed by atoms with Gasteiger partial charge in [-0.05, 0) is 26.7 Å². The summed E-state index contributed by atoms with van der Waals surface area (Å²) in [5.74, 6) is -1.24. The third kappa shape index (κ3) is 2.29. The molecule has 3 aromatic heterocycles. The van der Waals surface area contributed by atoms with E-state index in [0.717, 1.165) is 25.1 Å². The van der Waals surface area contributed by atoms with Crippen molar-refractivity contribution in [1.82, 2.24) is 24.7 Å². The molecule has 0 aliphatic heterocycles. The molecule has 0 spiro atoms. The molecule has 1 unspecified atom stereocenters. The number of hydrogen-bond acceptors (Lipinski definition) is 4. The van der Waals surface area contributed by atoms with Crippen molar-refractivity contribution in [3.05, 3.63) is 51.5 Å². The maximum absolute atomic E-state index is 13.5. The molecular weight excluding hydrogens is 316 g/mol. The number of halogens is 2. The number of hydrogen-bond donors (Lipinski definition) is 1. The van der Waals surface area contributed by atoms with Crippen molar-refractivity contribution in [3.63, 3.8) is 0 Å². The molecule has 0 bridgehead atoms. The minimum Gasteiger partial charge on any atom is -0.310 e. The second kappa shape index (κ2) is 5.19. The van der Waals surface area contributed by atoms with E-state index >= 15 is 0 Å². The van der Waals surface area contributed by atoms with Crippen molar-refractivity contribution in [2.75, 3.05) is 0 Å². The van der Waals surface area contributed by atoms with Crippen LogP contribution in [0.15, 0.2) is 17.1 Å². The molecule has 1 atom stereocenters. The highest BCUT2D eigenvalue weighted by atomic mass is 19.2. The van der Waals surface area contributed by atoms with Crippen molar-refractivity contribution < 1.29 is 8.78 Å². The van der Waals surface area contributed by atoms with Gasteiger partial charge in [0.25, 0.3) is 5.56 Å². The van der Waals surface area contributed by atoms with Crippen molar-refractivity contribution in [2.24, 2.45) is 0 Å². The third-order valence-electron chi connectivity index (χ3n) is 4.30. The first-order valence-electron chi connectivity index (χ1n) is 7.75. The van der Waals surface area contributed by atoms with E-state index in [0.29, 0.717) is 28.2 Å². The summed E-state index contributed by atoms with van der Waals surface area (Å²) in [4.78, 5) is 23.4. The molecule has 0 aromatic carbocycles. The van der Waals surface area contributed by atoms with Crippen LogP contribution in [-0.4, -0.2) is 24.7 Å². The first-order valence-corrected chi connectivity index (χ1v) is 7.75. The maximum Gasteiger partial charge on any atom is 0.262 e. The van der Waals surface area contributed by atoms with Gasteiger partial charge in [0.15, 0.2) is 17.3 Å². The van der Waals surface area contributed by atoms with Gasteiger partial charge < -0.3 is 4.98 Å². The summed E-state index contributed by atoms with van der Waals surface area (Å²) in [6.07, 6.45) is 2.81. The predicted octanol–water partition coefficient (Wildman–Crippen LogP) is 2.59. The van der Waals surface area contributed by atoms with E-state index < -0.39 is 17.7 Å². The number of fused-ring (bicyclic) bond motifs is 1. The lowest BCUT2D eigenvalue weighted by molar-refractivity contribution is 0.490. The van der Waals surface area contributed by atoms with Crippen LogP contribution in [0.5, 0.6) is 0 Å². The highest BCUT2D eigenvalue weighted by Gasteiger charge is 2.32. The molecule has 3 aromatic rings. The Hall–Kier alpha value is -2.64. The molecule has 24 heavy (non-hydrogen) atoms. The van der Waals surface area contributed by atoms with Crippen LogP contribution in [0, 0.1) is 18.6 Å². The van der Waals surface area contributed by atoms with Crippen LogP contribution in [0.1, 0.15) is 48.9 Å². The Balaban J connectivity index is 1.92. The van der Waals surface area contributed by atoms with Crippen LogP contribution in [-0.2, 0) is 0 Å². The summed E-state index contributed by atoms with van der Waals surface area (Å²) < 4.78 is 28.2. The van der Waals surface area contributed by atoms with E-state index in [1.807, 2.05) is 0 Å². The van der Waals surface area contributed by atoms with Gasteiger partial charge in [0.1, 0.15) is 11.2 Å². The molecule has 6 nitrogen and oxygen atoms in total. The summed E-state index contributed by atoms with van der Waals surface area (Å²) in [6, 6.07) is 0.563. The maximum atomic E-state index is 13.5. The molecular formula is C16H15F2N5O. The molecule has 4 rings (SSSR count). The quantitative estimate of drug-likeness (QED) is 0.800. The van der Waals surface area contributed by atoms with Crippen LogP contribution in [0.4, 0.5) is 8.78 Å². The number of aromatic amines is 1. The molecule has 3 heterocycles. The van der Waals surface area contributed by atoms with Crippen molar-refractivity contribution in [3.8, 4) is 0 Å². The molecule has 1 aliphatic carbocycles. The zero-order valence-corrected chi connectivity index (χ0v) is 13.2. The molecule has 0 amide bonds. The fraction of sp³-hybridized carbons (Fsp3) is 0.375. The standard InChI is InChI=1S/C16H15F2N5O/c1-7(12-5-10(17)11(18)6-19-12)23-15-13(14(22-23)9-3-4-9)16(24)21-8(2)20-15/h5-7,9H,3-4H2,1-2H3,(H,20,21,24). The van der Waals surface area contributed by atoms with E-state index in [1.165, 1.54) is 0 Å². The van der Waals surface area contributed by atoms with E-state index in [1.54, 1.807) is 18.5 Å². The number of nitrogens with zero attached hydrogens (tertiary/aromatic N) is 4. The monoisotopic (exact) mass is 331 g/mol. The second-order valence-corrected chi connectivity index (χ2v) is 6.15. The molecule has 124 valence electrons. The van der Waals surface area contributed by atoms with Gasteiger partial charge in [-0.2, -0.15) is 5.10 Å². The van der Waals surface area contributed by atoms with Gasteiger partial charge in [-0.1, -0.05) is 0 Å². The highest BCUT2D eigenvalue weighted by Crippen LogP contribution is 2.42. The van der Waals surface area contributed by atoms with E-state index in [4.69, 9.17) is 0 Å². The van der Waals surface area contributed by atoms with Crippen LogP contribution >= 0.6 is 0 Å². The summed E-state index contributed by atoms with van der Waals surface area (Å²) >= 11 is 0. The molecule has 8 heteroatoms. The van der Waals surface area contributed by atoms with Gasteiger partial charge in [-0.15, -0.1) is 0 Å². The Labute approximate surface area is 135 Å². The van der Waals surface area contributed by atoms with Crippen LogP contribution in [0.3, 0.4) is 0 Å². The predicted molar refractivity (Wildman–Crippen MR) is 82.8 cm³/mol. The average molecular weight is 331 g/mol. The number of aromatic nitrogens is 5. The fourth-order valence-electron chi connectivity index (χ4n) is 2.88. The van der Waals surface area contributed by atoms with Gasteiger partial charge in [0, 0.05) is 12.0 Å². The van der Waals surface area contributed by atoms with Gasteiger partial charge in [0.05, 0.1) is 23.6 Å². The van der Waals surface area contributed by atoms with E-state index in [2.05, 4.69) is 20.1 Å². The number of H-pyrrole nitrogens is 1. The molecule has 1 aliphatic rings. The van der Waals surface area contributed by atoms with Gasteiger partial charge >= 0.3 is 0 Å². The average Bonchev–Trinajstić information content (AvgIpc) is 3.30. The first-order chi connectivity index (χ1) is 11.5. The van der Waals surface area contributed by atoms with Gasteiger partial charge in [-0.25, -0.2) is 18.4 Å². The second-order valence-electron chi connectivity index (χ2n) is 6.15. The fourth-order valence-corrected chi connectivity index (χ4v) is 2.88. The lowest BCUT2D eigenvalue weighted by Gasteiger charge is -2.12. The molecule has 1 saturated carbocycles. The van der Waals surface area contributed by atoms with Crippen molar-refractivity contribution >= 4 is 11.0 Å². The summed E-state index contributed by atoms with van der Waals surface area (Å²) in [6.45, 7) is 3.45. The number of pyridine rings is 1. The summed E-state index contributed by atoms with van der Waals surface area (Å²) in [5.41, 5.74) is 1.25. The molecule has 1 fully saturated rings. The molecule has 0 saturated heterocycles. The smallest absolute Gasteiger partial charge is 0.262 e. The minimum absolute atomic E-state index is 0.226. The Bertz CT molecular complexity index is 1010. The van der Waals surface area contributed by atoms with Crippen LogP contribution < -0.4 is 5.56 Å². The Morgan fingerprint density at radius 1 is 1.33 bits per heavy atom. The van der Waals surface area contributed by atoms with Crippen molar-refractivity contribution in [1.29, 1.82) is 0 Å². The number of aryl methyl sites for hydroxylation is 1. The van der Waals surface area contributed by atoms with Crippen molar-refractivity contribution in [2.45, 2.75) is 38.6 Å². The lowest BCUT2D eigenvalue weighted by Crippen LogP contribution is -2.14. The Morgan fingerprint density at radius 2 is 2.08 bits per heavy atom. The number of nitrogens with one attached hydrogen (secondary N) is 1. The highest BCUT2D eigenvalue weighted by molar-refractivity contribution is 5.78. The Kier molecular flexibility index (Phi) is 3.22. The van der Waals surface area contributed by atoms with E-state index in [-0.39, 0.29) is 11.5 Å². The largest absolute Gasteiger partial charge is 0.310 e. The topological polar surface area (TPSA) is 76.5 Å². The number of rotatable bonds is 3. The SMILES string of the molecule is Cc1nc2c(c(C3CC3)nn2C(C)c2cc(F)c(F)cn2)c(=O)[nH]1. The zero-order chi connectivity index (χ0) is 17.0. The van der Waals surface area contributed by atoms with Crippen LogP contribution in [0.25, 0.3) is 11.0 Å². The Morgan fingerprint density at radius 3 is 2.75 bits per heavy atom. The lowest BCUT2D eigenvalue weighted by atomic mass is 10.2. The van der Waals surface area contributed by atoms with Gasteiger partial charge in [0.2, 0.25) is 0 Å². The first kappa shape index (κ1) is 14.9. The molecule has 1 N–H and O–H groups in total. The third-order valence-corrected chi connectivity index (χ3v) is 4.30.